The standard InChI is InChI=1S/C25H25FN4O2/c1-15(2)18-8-10-20(11-9-18)27-22(31)14-32-23-12-16(3)24-17(4)29-30(25(24)28-23)21-7-5-6-19(26)13-21/h5-13,15H,14H2,1-4H3,(H,27,31). The van der Waals surface area contributed by atoms with Gasteiger partial charge in [0.1, 0.15) is 5.82 Å². The van der Waals surface area contributed by atoms with Gasteiger partial charge in [-0.2, -0.15) is 10.1 Å². The van der Waals surface area contributed by atoms with Gasteiger partial charge in [0.05, 0.1) is 11.4 Å². The topological polar surface area (TPSA) is 69.0 Å². The van der Waals surface area contributed by atoms with Crippen LogP contribution in [0.1, 0.15) is 36.6 Å². The van der Waals surface area contributed by atoms with Crippen molar-refractivity contribution in [3.05, 3.63) is 77.2 Å². The van der Waals surface area contributed by atoms with Crippen molar-refractivity contribution in [1.82, 2.24) is 14.8 Å². The van der Waals surface area contributed by atoms with Crippen LogP contribution in [0.25, 0.3) is 16.7 Å². The summed E-state index contributed by atoms with van der Waals surface area (Å²) in [6.45, 7) is 7.87. The number of halogens is 1. The molecule has 4 rings (SSSR count). The molecule has 1 N–H and O–H groups in total. The smallest absolute Gasteiger partial charge is 0.262 e. The summed E-state index contributed by atoms with van der Waals surface area (Å²) in [6.07, 6.45) is 0. The van der Waals surface area contributed by atoms with Gasteiger partial charge in [-0.3, -0.25) is 4.79 Å². The van der Waals surface area contributed by atoms with Crippen LogP contribution in [0.4, 0.5) is 10.1 Å². The Morgan fingerprint density at radius 2 is 1.88 bits per heavy atom. The Morgan fingerprint density at radius 3 is 2.56 bits per heavy atom. The van der Waals surface area contributed by atoms with E-state index in [-0.39, 0.29) is 18.3 Å². The van der Waals surface area contributed by atoms with Crippen molar-refractivity contribution in [2.24, 2.45) is 0 Å². The van der Waals surface area contributed by atoms with Crippen molar-refractivity contribution < 1.29 is 13.9 Å². The van der Waals surface area contributed by atoms with Crippen LogP contribution in [-0.4, -0.2) is 27.3 Å². The number of benzene rings is 2. The first-order chi connectivity index (χ1) is 15.3. The number of hydrogen-bond acceptors (Lipinski definition) is 4. The average molecular weight is 432 g/mol. The molecule has 0 bridgehead atoms. The molecule has 2 heterocycles. The molecule has 0 unspecified atom stereocenters. The highest BCUT2D eigenvalue weighted by molar-refractivity contribution is 5.92. The molecule has 0 radical (unpaired) electrons. The molecule has 1 amide bonds. The molecule has 0 atom stereocenters. The number of carbonyl (C=O) groups excluding carboxylic acids is 1. The molecule has 2 aromatic carbocycles. The van der Waals surface area contributed by atoms with E-state index >= 15 is 0 Å². The van der Waals surface area contributed by atoms with Gasteiger partial charge >= 0.3 is 0 Å². The van der Waals surface area contributed by atoms with Crippen molar-refractivity contribution in [3.63, 3.8) is 0 Å². The number of fused-ring (bicyclic) bond motifs is 1. The molecule has 32 heavy (non-hydrogen) atoms. The Bertz CT molecular complexity index is 1280. The molecule has 7 heteroatoms. The fourth-order valence-electron chi connectivity index (χ4n) is 3.62. The first kappa shape index (κ1) is 21.5. The Hall–Kier alpha value is -3.74. The van der Waals surface area contributed by atoms with E-state index in [9.17, 15) is 9.18 Å². The highest BCUT2D eigenvalue weighted by Gasteiger charge is 2.16. The molecule has 164 valence electrons. The summed E-state index contributed by atoms with van der Waals surface area (Å²) in [6, 6.07) is 15.7. The Labute approximate surface area is 186 Å². The predicted molar refractivity (Wildman–Crippen MR) is 123 cm³/mol. The second-order valence-corrected chi connectivity index (χ2v) is 8.07. The third kappa shape index (κ3) is 4.46. The number of anilines is 1. The monoisotopic (exact) mass is 432 g/mol. The number of pyridine rings is 1. The van der Waals surface area contributed by atoms with Crippen molar-refractivity contribution >= 4 is 22.6 Å². The molecule has 4 aromatic rings. The number of nitrogens with zero attached hydrogens (tertiary/aromatic N) is 3. The number of nitrogens with one attached hydrogen (secondary N) is 1. The van der Waals surface area contributed by atoms with Crippen LogP contribution in [0.3, 0.4) is 0 Å². The first-order valence-electron chi connectivity index (χ1n) is 10.5. The minimum absolute atomic E-state index is 0.184. The highest BCUT2D eigenvalue weighted by Crippen LogP contribution is 2.27. The number of hydrogen-bond donors (Lipinski definition) is 1. The van der Waals surface area contributed by atoms with Crippen LogP contribution in [-0.2, 0) is 4.79 Å². The van der Waals surface area contributed by atoms with Gasteiger partial charge < -0.3 is 10.1 Å². The molecule has 0 aliphatic carbocycles. The van der Waals surface area contributed by atoms with Crippen molar-refractivity contribution in [2.45, 2.75) is 33.6 Å². The Kier molecular flexibility index (Phi) is 5.90. The van der Waals surface area contributed by atoms with Gasteiger partial charge in [0.25, 0.3) is 5.91 Å². The van der Waals surface area contributed by atoms with Crippen molar-refractivity contribution in [1.29, 1.82) is 0 Å². The van der Waals surface area contributed by atoms with Crippen molar-refractivity contribution in [3.8, 4) is 11.6 Å². The average Bonchev–Trinajstić information content (AvgIpc) is 3.09. The molecule has 0 saturated carbocycles. The van der Waals surface area contributed by atoms with Crippen LogP contribution < -0.4 is 10.1 Å². The van der Waals surface area contributed by atoms with Gasteiger partial charge in [0, 0.05) is 17.1 Å². The van der Waals surface area contributed by atoms with Gasteiger partial charge in [-0.05, 0) is 61.2 Å². The summed E-state index contributed by atoms with van der Waals surface area (Å²) >= 11 is 0. The molecule has 0 spiro atoms. The summed E-state index contributed by atoms with van der Waals surface area (Å²) < 4.78 is 21.0. The summed E-state index contributed by atoms with van der Waals surface area (Å²) in [5.41, 5.74) is 4.72. The maximum atomic E-state index is 13.7. The lowest BCUT2D eigenvalue weighted by Crippen LogP contribution is -2.20. The SMILES string of the molecule is Cc1cc(OCC(=O)Nc2ccc(C(C)C)cc2)nc2c1c(C)nn2-c1cccc(F)c1. The van der Waals surface area contributed by atoms with Crippen LogP contribution in [0.15, 0.2) is 54.6 Å². The Morgan fingerprint density at radius 1 is 1.12 bits per heavy atom. The third-order valence-electron chi connectivity index (χ3n) is 5.25. The number of aryl methyl sites for hydroxylation is 2. The van der Waals surface area contributed by atoms with E-state index in [0.29, 0.717) is 28.8 Å². The summed E-state index contributed by atoms with van der Waals surface area (Å²) in [5, 5.41) is 8.22. The lowest BCUT2D eigenvalue weighted by atomic mass is 10.0. The van der Waals surface area contributed by atoms with Gasteiger partial charge in [0.2, 0.25) is 5.88 Å². The maximum Gasteiger partial charge on any atom is 0.262 e. The molecule has 0 aliphatic heterocycles. The fraction of sp³-hybridized carbons (Fsp3) is 0.240. The van der Waals surface area contributed by atoms with E-state index in [1.165, 1.54) is 17.7 Å². The van der Waals surface area contributed by atoms with Gasteiger partial charge in [0.15, 0.2) is 12.3 Å². The summed E-state index contributed by atoms with van der Waals surface area (Å²) in [7, 11) is 0. The van der Waals surface area contributed by atoms with E-state index in [1.54, 1.807) is 22.9 Å². The minimum atomic E-state index is -0.356. The molecule has 2 aromatic heterocycles. The van der Waals surface area contributed by atoms with Gasteiger partial charge in [-0.1, -0.05) is 32.0 Å². The molecule has 6 nitrogen and oxygen atoms in total. The zero-order valence-corrected chi connectivity index (χ0v) is 18.5. The summed E-state index contributed by atoms with van der Waals surface area (Å²) in [4.78, 5) is 16.9. The van der Waals surface area contributed by atoms with Crippen LogP contribution in [0.2, 0.25) is 0 Å². The minimum Gasteiger partial charge on any atom is -0.467 e. The quantitative estimate of drug-likeness (QED) is 0.448. The first-order valence-corrected chi connectivity index (χ1v) is 10.5. The maximum absolute atomic E-state index is 13.7. The number of rotatable bonds is 6. The normalized spacial score (nSPS) is 11.2. The van der Waals surface area contributed by atoms with E-state index < -0.39 is 0 Å². The number of carbonyl (C=O) groups is 1. The summed E-state index contributed by atoms with van der Waals surface area (Å²) in [5.74, 6) is 0.0947. The zero-order chi connectivity index (χ0) is 22.8. The second kappa shape index (κ2) is 8.78. The molecular formula is C25H25FN4O2. The lowest BCUT2D eigenvalue weighted by molar-refractivity contribution is -0.118. The fourth-order valence-corrected chi connectivity index (χ4v) is 3.62. The molecular weight excluding hydrogens is 407 g/mol. The van der Waals surface area contributed by atoms with Crippen molar-refractivity contribution in [2.75, 3.05) is 11.9 Å². The molecule has 0 saturated heterocycles. The van der Waals surface area contributed by atoms with E-state index in [0.717, 1.165) is 16.6 Å². The van der Waals surface area contributed by atoms with Crippen LogP contribution >= 0.6 is 0 Å². The number of amides is 1. The third-order valence-corrected chi connectivity index (χ3v) is 5.25. The van der Waals surface area contributed by atoms with Gasteiger partial charge in [-0.25, -0.2) is 9.07 Å². The highest BCUT2D eigenvalue weighted by atomic mass is 19.1. The van der Waals surface area contributed by atoms with E-state index in [2.05, 4.69) is 29.2 Å². The molecule has 0 aliphatic rings. The molecule has 0 fully saturated rings. The number of aromatic nitrogens is 3. The van der Waals surface area contributed by atoms with Crippen LogP contribution in [0, 0.1) is 19.7 Å². The lowest BCUT2D eigenvalue weighted by Gasteiger charge is -2.10. The van der Waals surface area contributed by atoms with E-state index in [4.69, 9.17) is 4.74 Å². The van der Waals surface area contributed by atoms with E-state index in [1.807, 2.05) is 38.1 Å². The van der Waals surface area contributed by atoms with Crippen LogP contribution in [0.5, 0.6) is 5.88 Å². The zero-order valence-electron chi connectivity index (χ0n) is 18.5. The number of ether oxygens (including phenoxy) is 1. The Balaban J connectivity index is 1.53. The predicted octanol–water partition coefficient (Wildman–Crippen LogP) is 5.32. The second-order valence-electron chi connectivity index (χ2n) is 8.07. The largest absolute Gasteiger partial charge is 0.467 e. The van der Waals surface area contributed by atoms with Gasteiger partial charge in [-0.15, -0.1) is 0 Å².